The molecule has 0 aliphatic carbocycles. The first-order valence-electron chi connectivity index (χ1n) is 5.50. The third-order valence-electron chi connectivity index (χ3n) is 2.20. The number of halogens is 2. The molecule has 18 heavy (non-hydrogen) atoms. The number of nitrogens with zero attached hydrogens (tertiary/aromatic N) is 2. The topological polar surface area (TPSA) is 35.0 Å². The van der Waals surface area contributed by atoms with Crippen molar-refractivity contribution in [1.82, 2.24) is 9.97 Å². The van der Waals surface area contributed by atoms with Crippen molar-refractivity contribution in [2.75, 3.05) is 0 Å². The van der Waals surface area contributed by atoms with Crippen molar-refractivity contribution in [1.29, 1.82) is 0 Å². The second kappa shape index (κ2) is 5.44. The molecular formula is C13H12BrFN2O. The molecule has 2 rings (SSSR count). The Hall–Kier alpha value is -1.49. The Morgan fingerprint density at radius 1 is 1.22 bits per heavy atom. The summed E-state index contributed by atoms with van der Waals surface area (Å²) in [7, 11) is 0. The molecular weight excluding hydrogens is 299 g/mol. The molecule has 0 aliphatic heterocycles. The molecule has 0 aliphatic rings. The fourth-order valence-corrected chi connectivity index (χ4v) is 1.72. The largest absolute Gasteiger partial charge is 0.490 e. The Labute approximate surface area is 113 Å². The maximum Gasteiger partial charge on any atom is 0.132 e. The van der Waals surface area contributed by atoms with E-state index in [9.17, 15) is 4.39 Å². The number of rotatable bonds is 3. The smallest absolute Gasteiger partial charge is 0.132 e. The van der Waals surface area contributed by atoms with Crippen molar-refractivity contribution in [3.05, 3.63) is 41.0 Å². The average Bonchev–Trinajstić information content (AvgIpc) is 2.30. The summed E-state index contributed by atoms with van der Waals surface area (Å²) in [6, 6.07) is 4.39. The van der Waals surface area contributed by atoms with Gasteiger partial charge in [-0.3, -0.25) is 4.98 Å². The van der Waals surface area contributed by atoms with Crippen molar-refractivity contribution in [3.63, 3.8) is 0 Å². The lowest BCUT2D eigenvalue weighted by atomic mass is 10.1. The van der Waals surface area contributed by atoms with E-state index < -0.39 is 0 Å². The van der Waals surface area contributed by atoms with E-state index in [1.165, 1.54) is 12.1 Å². The molecule has 0 unspecified atom stereocenters. The monoisotopic (exact) mass is 310 g/mol. The van der Waals surface area contributed by atoms with Crippen LogP contribution in [0.4, 0.5) is 4.39 Å². The molecule has 0 bridgehead atoms. The van der Waals surface area contributed by atoms with Gasteiger partial charge in [0.2, 0.25) is 0 Å². The van der Waals surface area contributed by atoms with Crippen molar-refractivity contribution >= 4 is 15.9 Å². The maximum atomic E-state index is 13.3. The van der Waals surface area contributed by atoms with E-state index in [2.05, 4.69) is 25.9 Å². The molecule has 0 atom stereocenters. The van der Waals surface area contributed by atoms with Crippen LogP contribution in [-0.4, -0.2) is 16.1 Å². The van der Waals surface area contributed by atoms with Crippen LogP contribution in [0, 0.1) is 5.82 Å². The van der Waals surface area contributed by atoms with Crippen LogP contribution in [0.25, 0.3) is 11.3 Å². The van der Waals surface area contributed by atoms with Crippen LogP contribution < -0.4 is 4.74 Å². The second-order valence-corrected chi connectivity index (χ2v) is 4.84. The van der Waals surface area contributed by atoms with Gasteiger partial charge in [-0.15, -0.1) is 0 Å². The van der Waals surface area contributed by atoms with E-state index in [-0.39, 0.29) is 11.9 Å². The molecule has 0 spiro atoms. The quantitative estimate of drug-likeness (QED) is 0.864. The highest BCUT2D eigenvalue weighted by atomic mass is 79.9. The van der Waals surface area contributed by atoms with Gasteiger partial charge in [-0.25, -0.2) is 9.37 Å². The van der Waals surface area contributed by atoms with Crippen LogP contribution in [0.2, 0.25) is 0 Å². The Kier molecular flexibility index (Phi) is 3.91. The van der Waals surface area contributed by atoms with Gasteiger partial charge in [-0.2, -0.15) is 0 Å². The van der Waals surface area contributed by atoms with Gasteiger partial charge in [0.1, 0.15) is 16.2 Å². The molecule has 1 aromatic carbocycles. The van der Waals surface area contributed by atoms with Gasteiger partial charge in [-0.05, 0) is 41.9 Å². The van der Waals surface area contributed by atoms with Crippen LogP contribution in [0.15, 0.2) is 35.2 Å². The van der Waals surface area contributed by atoms with Gasteiger partial charge in [0.25, 0.3) is 0 Å². The Bertz CT molecular complexity index is 543. The summed E-state index contributed by atoms with van der Waals surface area (Å²) in [5.41, 5.74) is 1.37. The predicted octanol–water partition coefficient (Wildman–Crippen LogP) is 3.83. The molecule has 1 aromatic heterocycles. The maximum absolute atomic E-state index is 13.3. The minimum Gasteiger partial charge on any atom is -0.490 e. The predicted molar refractivity (Wildman–Crippen MR) is 70.9 cm³/mol. The first-order chi connectivity index (χ1) is 8.56. The summed E-state index contributed by atoms with van der Waals surface area (Å²) in [6.07, 6.45) is 3.18. The minimum absolute atomic E-state index is 0.0334. The van der Waals surface area contributed by atoms with Crippen molar-refractivity contribution in [2.24, 2.45) is 0 Å². The van der Waals surface area contributed by atoms with E-state index in [0.717, 1.165) is 5.56 Å². The van der Waals surface area contributed by atoms with Gasteiger partial charge < -0.3 is 4.74 Å². The fourth-order valence-electron chi connectivity index (χ4n) is 1.51. The molecule has 0 N–H and O–H groups in total. The van der Waals surface area contributed by atoms with E-state index in [1.54, 1.807) is 18.5 Å². The summed E-state index contributed by atoms with van der Waals surface area (Å²) >= 11 is 3.22. The summed E-state index contributed by atoms with van der Waals surface area (Å²) in [6.45, 7) is 3.78. The van der Waals surface area contributed by atoms with Crippen LogP contribution in [0.3, 0.4) is 0 Å². The van der Waals surface area contributed by atoms with E-state index >= 15 is 0 Å². The SMILES string of the molecule is CC(C)Oc1cc(F)ccc1-c1cnc(Br)cn1. The third-order valence-corrected chi connectivity index (χ3v) is 2.61. The molecule has 94 valence electrons. The highest BCUT2D eigenvalue weighted by molar-refractivity contribution is 9.10. The van der Waals surface area contributed by atoms with Crippen LogP contribution >= 0.6 is 15.9 Å². The van der Waals surface area contributed by atoms with Crippen LogP contribution in [-0.2, 0) is 0 Å². The first kappa shape index (κ1) is 13.0. The highest BCUT2D eigenvalue weighted by Gasteiger charge is 2.11. The number of hydrogen-bond acceptors (Lipinski definition) is 3. The van der Waals surface area contributed by atoms with Gasteiger partial charge in [0.05, 0.1) is 24.2 Å². The lowest BCUT2D eigenvalue weighted by Crippen LogP contribution is -2.07. The minimum atomic E-state index is -0.334. The van der Waals surface area contributed by atoms with Crippen molar-refractivity contribution < 1.29 is 9.13 Å². The summed E-state index contributed by atoms with van der Waals surface area (Å²) in [5, 5.41) is 0. The van der Waals surface area contributed by atoms with Gasteiger partial charge >= 0.3 is 0 Å². The van der Waals surface area contributed by atoms with Crippen molar-refractivity contribution in [3.8, 4) is 17.0 Å². The fraction of sp³-hybridized carbons (Fsp3) is 0.231. The van der Waals surface area contributed by atoms with Gasteiger partial charge in [-0.1, -0.05) is 0 Å². The second-order valence-electron chi connectivity index (χ2n) is 4.03. The number of ether oxygens (including phenoxy) is 1. The molecule has 0 fully saturated rings. The number of aromatic nitrogens is 2. The highest BCUT2D eigenvalue weighted by Crippen LogP contribution is 2.30. The molecule has 0 saturated heterocycles. The Morgan fingerprint density at radius 2 is 2.00 bits per heavy atom. The zero-order chi connectivity index (χ0) is 13.1. The lowest BCUT2D eigenvalue weighted by Gasteiger charge is -2.13. The molecule has 5 heteroatoms. The summed E-state index contributed by atoms with van der Waals surface area (Å²) in [4.78, 5) is 8.34. The summed E-state index contributed by atoms with van der Waals surface area (Å²) < 4.78 is 19.5. The third kappa shape index (κ3) is 3.04. The van der Waals surface area contributed by atoms with Gasteiger partial charge in [0, 0.05) is 11.6 Å². The van der Waals surface area contributed by atoms with Crippen molar-refractivity contribution in [2.45, 2.75) is 20.0 Å². The Morgan fingerprint density at radius 3 is 2.61 bits per heavy atom. The molecule has 2 aromatic rings. The molecule has 0 saturated carbocycles. The lowest BCUT2D eigenvalue weighted by molar-refractivity contribution is 0.242. The molecule has 0 radical (unpaired) electrons. The molecule has 1 heterocycles. The number of hydrogen-bond donors (Lipinski definition) is 0. The summed E-state index contributed by atoms with van der Waals surface area (Å²) in [5.74, 6) is 0.140. The van der Waals surface area contributed by atoms with Crippen LogP contribution in [0.5, 0.6) is 5.75 Å². The molecule has 3 nitrogen and oxygen atoms in total. The Balaban J connectivity index is 2.45. The standard InChI is InChI=1S/C13H12BrFN2O/c1-8(2)18-12-5-9(15)3-4-10(12)11-6-17-13(14)7-16-11/h3-8H,1-2H3. The number of benzene rings is 1. The zero-order valence-electron chi connectivity index (χ0n) is 10.0. The van der Waals surface area contributed by atoms with E-state index in [0.29, 0.717) is 16.0 Å². The zero-order valence-corrected chi connectivity index (χ0v) is 11.6. The molecule has 0 amide bonds. The van der Waals surface area contributed by atoms with Crippen LogP contribution in [0.1, 0.15) is 13.8 Å². The van der Waals surface area contributed by atoms with E-state index in [4.69, 9.17) is 4.74 Å². The van der Waals surface area contributed by atoms with E-state index in [1.807, 2.05) is 13.8 Å². The normalized spacial score (nSPS) is 10.7. The first-order valence-corrected chi connectivity index (χ1v) is 6.29. The van der Waals surface area contributed by atoms with Gasteiger partial charge in [0.15, 0.2) is 0 Å². The average molecular weight is 311 g/mol.